The predicted octanol–water partition coefficient (Wildman–Crippen LogP) is 3.97. The molecule has 200 valence electrons. The van der Waals surface area contributed by atoms with Gasteiger partial charge in [0, 0.05) is 54.3 Å². The lowest BCUT2D eigenvalue weighted by Crippen LogP contribution is -2.42. The maximum atomic E-state index is 16.5. The quantitative estimate of drug-likeness (QED) is 0.404. The number of pyridine rings is 1. The Bertz CT molecular complexity index is 1680. The number of nitrogen functional groups attached to an aromatic ring is 1. The molecule has 39 heavy (non-hydrogen) atoms. The van der Waals surface area contributed by atoms with Crippen molar-refractivity contribution in [3.8, 4) is 17.3 Å². The minimum absolute atomic E-state index is 0.0902. The molecule has 2 saturated heterocycles. The van der Waals surface area contributed by atoms with Crippen LogP contribution in [-0.2, 0) is 22.7 Å². The molecule has 1 unspecified atom stereocenters. The number of aromatic nitrogens is 3. The highest BCUT2D eigenvalue weighted by atomic mass is 32.1. The molecule has 2 N–H and O–H groups in total. The summed E-state index contributed by atoms with van der Waals surface area (Å²) in [7, 11) is 2.13. The molecule has 0 aliphatic carbocycles. The van der Waals surface area contributed by atoms with Crippen LogP contribution >= 0.6 is 11.3 Å². The fourth-order valence-electron chi connectivity index (χ4n) is 6.09. The molecule has 6 heterocycles. The topological polar surface area (TPSA) is 113 Å². The Morgan fingerprint density at radius 3 is 2.79 bits per heavy atom. The smallest absolute Gasteiger partial charge is 0.226 e. The third-order valence-corrected chi connectivity index (χ3v) is 9.26. The number of halogens is 2. The van der Waals surface area contributed by atoms with E-state index in [9.17, 15) is 9.65 Å². The van der Waals surface area contributed by atoms with Gasteiger partial charge < -0.3 is 20.1 Å². The Labute approximate surface area is 226 Å². The molecule has 0 radical (unpaired) electrons. The van der Waals surface area contributed by atoms with Gasteiger partial charge in [-0.1, -0.05) is 0 Å². The van der Waals surface area contributed by atoms with Gasteiger partial charge >= 0.3 is 0 Å². The first-order valence-electron chi connectivity index (χ1n) is 12.9. The fraction of sp³-hybridized carbons (Fsp3) is 0.407. The summed E-state index contributed by atoms with van der Waals surface area (Å²) >= 11 is 0.955. The number of thiophene rings is 1. The van der Waals surface area contributed by atoms with Gasteiger partial charge in [-0.15, -0.1) is 11.3 Å². The Morgan fingerprint density at radius 1 is 1.15 bits per heavy atom. The largest absolute Gasteiger partial charge is 0.389 e. The van der Waals surface area contributed by atoms with Crippen LogP contribution in [0.15, 0.2) is 12.4 Å². The summed E-state index contributed by atoms with van der Waals surface area (Å²) in [6, 6.07) is 2.77. The summed E-state index contributed by atoms with van der Waals surface area (Å²) in [6.07, 6.45) is 4.68. The van der Waals surface area contributed by atoms with E-state index in [-0.39, 0.29) is 50.6 Å². The zero-order valence-corrected chi connectivity index (χ0v) is 22.0. The van der Waals surface area contributed by atoms with Crippen LogP contribution in [0.25, 0.3) is 32.2 Å². The van der Waals surface area contributed by atoms with Crippen molar-refractivity contribution < 1.29 is 18.3 Å². The van der Waals surface area contributed by atoms with Gasteiger partial charge in [0.15, 0.2) is 11.6 Å². The van der Waals surface area contributed by atoms with Gasteiger partial charge in [-0.2, -0.15) is 5.26 Å². The predicted molar refractivity (Wildman–Crippen MR) is 143 cm³/mol. The number of hydrogen-bond acceptors (Lipinski definition) is 10. The molecule has 9 nitrogen and oxygen atoms in total. The van der Waals surface area contributed by atoms with E-state index in [2.05, 4.69) is 26.8 Å². The molecule has 4 aromatic rings. The van der Waals surface area contributed by atoms with Crippen LogP contribution in [0.1, 0.15) is 29.5 Å². The zero-order valence-electron chi connectivity index (χ0n) is 21.2. The summed E-state index contributed by atoms with van der Waals surface area (Å²) < 4.78 is 42.7. The average molecular weight is 550 g/mol. The summed E-state index contributed by atoms with van der Waals surface area (Å²) in [4.78, 5) is 18.1. The van der Waals surface area contributed by atoms with Crippen LogP contribution in [0.3, 0.4) is 0 Å². The third-order valence-electron chi connectivity index (χ3n) is 8.24. The number of nitriles is 1. The molecule has 3 aliphatic rings. The van der Waals surface area contributed by atoms with Crippen molar-refractivity contribution in [2.24, 2.45) is 0 Å². The number of benzene rings is 1. The zero-order chi connectivity index (χ0) is 26.8. The third kappa shape index (κ3) is 3.76. The Balaban J connectivity index is 1.35. The SMILES string of the molecule is CN(C1CCOC1)[C@H]1CCN(c2ncc3c4c(c(-c5ncc(F)c6sc(N)c(C#N)c56)c(F)c3n2)COC4)C1. The van der Waals surface area contributed by atoms with Crippen molar-refractivity contribution in [1.82, 2.24) is 19.9 Å². The number of fused-ring (bicyclic) bond motifs is 4. The number of ether oxygens (including phenoxy) is 2. The number of anilines is 2. The van der Waals surface area contributed by atoms with Crippen LogP contribution in [0.5, 0.6) is 0 Å². The molecule has 2 atom stereocenters. The van der Waals surface area contributed by atoms with Crippen molar-refractivity contribution in [2.75, 3.05) is 44.0 Å². The highest BCUT2D eigenvalue weighted by Crippen LogP contribution is 2.45. The van der Waals surface area contributed by atoms with E-state index in [0.29, 0.717) is 29.0 Å². The van der Waals surface area contributed by atoms with Crippen molar-refractivity contribution in [3.63, 3.8) is 0 Å². The van der Waals surface area contributed by atoms with Gasteiger partial charge in [0.1, 0.15) is 16.6 Å². The number of nitrogens with zero attached hydrogens (tertiary/aromatic N) is 6. The maximum Gasteiger partial charge on any atom is 0.226 e. The number of hydrogen-bond donors (Lipinski definition) is 1. The van der Waals surface area contributed by atoms with E-state index in [0.717, 1.165) is 62.2 Å². The van der Waals surface area contributed by atoms with Crippen molar-refractivity contribution >= 4 is 43.3 Å². The molecule has 3 aromatic heterocycles. The van der Waals surface area contributed by atoms with Crippen LogP contribution in [-0.4, -0.2) is 65.3 Å². The molecule has 1 aromatic carbocycles. The van der Waals surface area contributed by atoms with E-state index in [1.54, 1.807) is 6.20 Å². The van der Waals surface area contributed by atoms with E-state index < -0.39 is 11.6 Å². The highest BCUT2D eigenvalue weighted by Gasteiger charge is 2.34. The first kappa shape index (κ1) is 24.5. The Hall–Kier alpha value is -3.50. The van der Waals surface area contributed by atoms with Gasteiger partial charge in [0.05, 0.1) is 42.0 Å². The fourth-order valence-corrected chi connectivity index (χ4v) is 7.01. The van der Waals surface area contributed by atoms with Crippen molar-refractivity contribution in [2.45, 2.75) is 38.1 Å². The molecule has 0 saturated carbocycles. The standard InChI is InChI=1S/C27H25F2N7O2S/c1-35(14-3-5-37-10-14)13-2-4-36(9-13)27-33-7-16-17-11-38-12-18(17)20(22(29)23(16)34-27)24-21-15(6-30)26(31)39-25(21)19(28)8-32-24/h7-8,13-14H,2-5,9-12,31H2,1H3/t13-,14?/m0/s1. The van der Waals surface area contributed by atoms with Gasteiger partial charge in [0.25, 0.3) is 0 Å². The minimum Gasteiger partial charge on any atom is -0.389 e. The Morgan fingerprint density at radius 2 is 2.00 bits per heavy atom. The highest BCUT2D eigenvalue weighted by molar-refractivity contribution is 7.23. The van der Waals surface area contributed by atoms with Crippen LogP contribution in [0.2, 0.25) is 0 Å². The number of nitrogens with two attached hydrogens (primary N) is 1. The molecule has 7 rings (SSSR count). The first-order chi connectivity index (χ1) is 19.0. The molecule has 0 amide bonds. The lowest BCUT2D eigenvalue weighted by atomic mass is 9.94. The summed E-state index contributed by atoms with van der Waals surface area (Å²) in [5, 5.41) is 10.7. The normalized spacial score (nSPS) is 20.9. The molecule has 0 spiro atoms. The molecule has 0 bridgehead atoms. The molecule has 3 aliphatic heterocycles. The average Bonchev–Trinajstić information content (AvgIpc) is 3.76. The summed E-state index contributed by atoms with van der Waals surface area (Å²) in [5.41, 5.74) is 7.98. The lowest BCUT2D eigenvalue weighted by Gasteiger charge is -2.29. The lowest BCUT2D eigenvalue weighted by molar-refractivity contribution is 0.135. The number of likely N-dealkylation sites (N-methyl/N-ethyl adjacent to an activating group) is 1. The van der Waals surface area contributed by atoms with E-state index in [1.165, 1.54) is 0 Å². The second-order valence-electron chi connectivity index (χ2n) is 10.3. The van der Waals surface area contributed by atoms with Crippen molar-refractivity contribution in [1.29, 1.82) is 5.26 Å². The summed E-state index contributed by atoms with van der Waals surface area (Å²) in [6.45, 7) is 3.46. The monoisotopic (exact) mass is 549 g/mol. The van der Waals surface area contributed by atoms with Gasteiger partial charge in [0.2, 0.25) is 5.95 Å². The van der Waals surface area contributed by atoms with Crippen LogP contribution in [0, 0.1) is 23.0 Å². The van der Waals surface area contributed by atoms with E-state index in [4.69, 9.17) is 20.2 Å². The first-order valence-corrected chi connectivity index (χ1v) is 13.7. The van der Waals surface area contributed by atoms with Gasteiger partial charge in [-0.3, -0.25) is 9.88 Å². The second kappa shape index (κ2) is 9.31. The summed E-state index contributed by atoms with van der Waals surface area (Å²) in [5.74, 6) is -0.745. The molecular formula is C27H25F2N7O2S. The maximum absolute atomic E-state index is 16.5. The van der Waals surface area contributed by atoms with E-state index >= 15 is 4.39 Å². The number of rotatable bonds is 4. The van der Waals surface area contributed by atoms with Gasteiger partial charge in [-0.25, -0.2) is 18.7 Å². The second-order valence-corrected chi connectivity index (χ2v) is 11.3. The molecule has 12 heteroatoms. The minimum atomic E-state index is -0.608. The van der Waals surface area contributed by atoms with Crippen LogP contribution < -0.4 is 10.6 Å². The Kier molecular flexibility index (Phi) is 5.85. The van der Waals surface area contributed by atoms with Crippen LogP contribution in [0.4, 0.5) is 19.7 Å². The van der Waals surface area contributed by atoms with Gasteiger partial charge in [-0.05, 0) is 31.0 Å². The molecular weight excluding hydrogens is 524 g/mol. The van der Waals surface area contributed by atoms with E-state index in [1.807, 2.05) is 6.07 Å². The molecule has 2 fully saturated rings. The van der Waals surface area contributed by atoms with Crippen molar-refractivity contribution in [3.05, 3.63) is 40.7 Å².